The average Bonchev–Trinajstić information content (AvgIpc) is 2.39. The first-order valence-corrected chi connectivity index (χ1v) is 6.47. The highest BCUT2D eigenvalue weighted by Crippen LogP contribution is 2.38. The molecule has 2 nitrogen and oxygen atoms in total. The lowest BCUT2D eigenvalue weighted by atomic mass is 10.1. The quantitative estimate of drug-likeness (QED) is 0.773. The molecule has 1 aliphatic heterocycles. The Morgan fingerprint density at radius 3 is 2.71 bits per heavy atom. The molecule has 0 spiro atoms. The van der Waals surface area contributed by atoms with Crippen molar-refractivity contribution in [3.8, 4) is 0 Å². The number of sulfone groups is 1. The smallest absolute Gasteiger partial charge is 0.202 e. The molecule has 0 atom stereocenters. The number of rotatable bonds is 1. The summed E-state index contributed by atoms with van der Waals surface area (Å²) in [5.41, 5.74) is 1.37. The van der Waals surface area contributed by atoms with Crippen LogP contribution < -0.4 is 0 Å². The minimum atomic E-state index is -3.34. The van der Waals surface area contributed by atoms with E-state index in [2.05, 4.69) is 12.6 Å². The molecule has 1 aromatic carbocycles. The Morgan fingerprint density at radius 2 is 2.07 bits per heavy atom. The van der Waals surface area contributed by atoms with Crippen molar-refractivity contribution in [1.82, 2.24) is 0 Å². The zero-order valence-electron chi connectivity index (χ0n) is 7.07. The predicted molar refractivity (Wildman–Crippen MR) is 60.5 cm³/mol. The lowest BCUT2D eigenvalue weighted by Gasteiger charge is -2.02. The van der Waals surface area contributed by atoms with Crippen molar-refractivity contribution >= 4 is 39.6 Å². The van der Waals surface area contributed by atoms with Gasteiger partial charge in [0.2, 0.25) is 9.84 Å². The Hall–Kier alpha value is -0.450. The summed E-state index contributed by atoms with van der Waals surface area (Å²) < 4.78 is 23.3. The first-order valence-electron chi connectivity index (χ1n) is 3.91. The minimum Gasteiger partial charge on any atom is -0.219 e. The fraction of sp³-hybridized carbons (Fsp3) is 0.111. The van der Waals surface area contributed by atoms with Crippen molar-refractivity contribution in [3.05, 3.63) is 34.2 Å². The van der Waals surface area contributed by atoms with Crippen LogP contribution in [0.4, 0.5) is 0 Å². The lowest BCUT2D eigenvalue weighted by Crippen LogP contribution is -1.94. The van der Waals surface area contributed by atoms with E-state index in [1.54, 1.807) is 18.2 Å². The summed E-state index contributed by atoms with van der Waals surface area (Å²) in [6.07, 6.45) is 0. The monoisotopic (exact) mass is 246 g/mol. The second-order valence-corrected chi connectivity index (χ2v) is 5.42. The maximum atomic E-state index is 11.6. The summed E-state index contributed by atoms with van der Waals surface area (Å²) in [7, 11) is -3.34. The van der Waals surface area contributed by atoms with E-state index in [4.69, 9.17) is 11.6 Å². The SMILES string of the molecule is O=S1(=O)C=C(CS)c2cccc(Cl)c21. The molecule has 0 aromatic heterocycles. The van der Waals surface area contributed by atoms with Crippen LogP contribution in [0.2, 0.25) is 5.02 Å². The van der Waals surface area contributed by atoms with Crippen molar-refractivity contribution in [2.45, 2.75) is 4.90 Å². The molecule has 0 saturated carbocycles. The van der Waals surface area contributed by atoms with Crippen molar-refractivity contribution in [2.75, 3.05) is 5.75 Å². The topological polar surface area (TPSA) is 34.1 Å². The molecule has 0 saturated heterocycles. The first-order chi connectivity index (χ1) is 6.56. The zero-order chi connectivity index (χ0) is 10.3. The van der Waals surface area contributed by atoms with Crippen LogP contribution in [0.5, 0.6) is 0 Å². The van der Waals surface area contributed by atoms with Gasteiger partial charge in [-0.05, 0) is 17.2 Å². The molecular weight excluding hydrogens is 240 g/mol. The Morgan fingerprint density at radius 1 is 1.36 bits per heavy atom. The second-order valence-electron chi connectivity index (χ2n) is 2.96. The first kappa shape index (κ1) is 10.1. The maximum absolute atomic E-state index is 11.6. The van der Waals surface area contributed by atoms with Gasteiger partial charge in [0.1, 0.15) is 0 Å². The van der Waals surface area contributed by atoms with Crippen LogP contribution >= 0.6 is 24.2 Å². The number of hydrogen-bond donors (Lipinski definition) is 1. The van der Waals surface area contributed by atoms with E-state index in [0.717, 1.165) is 0 Å². The Balaban J connectivity index is 2.82. The Labute approximate surface area is 92.9 Å². The van der Waals surface area contributed by atoms with Crippen molar-refractivity contribution in [3.63, 3.8) is 0 Å². The van der Waals surface area contributed by atoms with Gasteiger partial charge in [0, 0.05) is 11.2 Å². The molecule has 74 valence electrons. The van der Waals surface area contributed by atoms with Crippen molar-refractivity contribution in [1.29, 1.82) is 0 Å². The summed E-state index contributed by atoms with van der Waals surface area (Å²) in [5.74, 6) is 0.395. The summed E-state index contributed by atoms with van der Waals surface area (Å²) in [6.45, 7) is 0. The zero-order valence-corrected chi connectivity index (χ0v) is 9.53. The van der Waals surface area contributed by atoms with E-state index in [1.807, 2.05) is 0 Å². The van der Waals surface area contributed by atoms with E-state index in [9.17, 15) is 8.42 Å². The minimum absolute atomic E-state index is 0.214. The molecular formula is C9H7ClO2S2. The van der Waals surface area contributed by atoms with Gasteiger partial charge >= 0.3 is 0 Å². The van der Waals surface area contributed by atoms with E-state index in [0.29, 0.717) is 16.9 Å². The lowest BCUT2D eigenvalue weighted by molar-refractivity contribution is 0.605. The largest absolute Gasteiger partial charge is 0.219 e. The highest BCUT2D eigenvalue weighted by atomic mass is 35.5. The fourth-order valence-corrected chi connectivity index (χ4v) is 3.91. The maximum Gasteiger partial charge on any atom is 0.202 e. The van der Waals surface area contributed by atoms with Gasteiger partial charge in [0.05, 0.1) is 9.92 Å². The fourth-order valence-electron chi connectivity index (χ4n) is 1.48. The molecule has 14 heavy (non-hydrogen) atoms. The normalized spacial score (nSPS) is 17.7. The summed E-state index contributed by atoms with van der Waals surface area (Å²) in [6, 6.07) is 5.06. The molecule has 1 aliphatic rings. The highest BCUT2D eigenvalue weighted by molar-refractivity contribution is 7.95. The van der Waals surface area contributed by atoms with Gasteiger partial charge in [0.25, 0.3) is 0 Å². The Bertz CT molecular complexity index is 518. The van der Waals surface area contributed by atoms with Gasteiger partial charge in [0.15, 0.2) is 0 Å². The summed E-state index contributed by atoms with van der Waals surface area (Å²) >= 11 is 9.92. The molecule has 0 aliphatic carbocycles. The molecule has 5 heteroatoms. The van der Waals surface area contributed by atoms with Crippen LogP contribution in [-0.2, 0) is 9.84 Å². The third-order valence-corrected chi connectivity index (χ3v) is 4.44. The van der Waals surface area contributed by atoms with Crippen molar-refractivity contribution in [2.24, 2.45) is 0 Å². The van der Waals surface area contributed by atoms with Crippen LogP contribution in [-0.4, -0.2) is 14.2 Å². The van der Waals surface area contributed by atoms with Gasteiger partial charge in [-0.3, -0.25) is 0 Å². The van der Waals surface area contributed by atoms with Crippen molar-refractivity contribution < 1.29 is 8.42 Å². The number of halogens is 1. The summed E-state index contributed by atoms with van der Waals surface area (Å²) in [5, 5.41) is 1.51. The Kier molecular flexibility index (Phi) is 2.37. The van der Waals surface area contributed by atoms with Gasteiger partial charge in [-0.15, -0.1) is 0 Å². The van der Waals surface area contributed by atoms with E-state index >= 15 is 0 Å². The van der Waals surface area contributed by atoms with Gasteiger partial charge in [-0.2, -0.15) is 12.6 Å². The highest BCUT2D eigenvalue weighted by Gasteiger charge is 2.28. The van der Waals surface area contributed by atoms with Crippen LogP contribution in [0, 0.1) is 0 Å². The molecule has 0 bridgehead atoms. The van der Waals surface area contributed by atoms with E-state index in [-0.39, 0.29) is 9.92 Å². The third kappa shape index (κ3) is 1.38. The van der Waals surface area contributed by atoms with Crippen LogP contribution in [0.3, 0.4) is 0 Å². The molecule has 0 fully saturated rings. The average molecular weight is 247 g/mol. The number of hydrogen-bond acceptors (Lipinski definition) is 3. The summed E-state index contributed by atoms with van der Waals surface area (Å²) in [4.78, 5) is 0.214. The second kappa shape index (κ2) is 3.29. The molecule has 0 unspecified atom stereocenters. The molecule has 1 heterocycles. The van der Waals surface area contributed by atoms with Gasteiger partial charge in [-0.25, -0.2) is 8.42 Å². The number of fused-ring (bicyclic) bond motifs is 1. The number of benzene rings is 1. The van der Waals surface area contributed by atoms with Crippen LogP contribution in [0.25, 0.3) is 5.57 Å². The predicted octanol–water partition coefficient (Wildman–Crippen LogP) is 2.40. The third-order valence-electron chi connectivity index (χ3n) is 2.07. The number of thiol groups is 1. The van der Waals surface area contributed by atoms with Gasteiger partial charge < -0.3 is 0 Å². The molecule has 0 amide bonds. The van der Waals surface area contributed by atoms with E-state index in [1.165, 1.54) is 5.41 Å². The van der Waals surface area contributed by atoms with Crippen LogP contribution in [0.15, 0.2) is 28.5 Å². The standard InChI is InChI=1S/C9H7ClO2S2/c10-8-3-1-2-7-6(4-13)5-14(11,12)9(7)8/h1-3,5,13H,4H2. The molecule has 2 rings (SSSR count). The molecule has 0 N–H and O–H groups in total. The molecule has 0 radical (unpaired) electrons. The van der Waals surface area contributed by atoms with Crippen LogP contribution in [0.1, 0.15) is 5.56 Å². The molecule has 1 aromatic rings. The van der Waals surface area contributed by atoms with E-state index < -0.39 is 9.84 Å². The van der Waals surface area contributed by atoms with Gasteiger partial charge in [-0.1, -0.05) is 23.7 Å².